The first-order valence-corrected chi connectivity index (χ1v) is 6.85. The van der Waals surface area contributed by atoms with Gasteiger partial charge in [-0.2, -0.15) is 4.98 Å². The third kappa shape index (κ3) is 2.13. The lowest BCUT2D eigenvalue weighted by molar-refractivity contribution is 0.433. The van der Waals surface area contributed by atoms with Gasteiger partial charge in [-0.25, -0.2) is 0 Å². The second kappa shape index (κ2) is 5.27. The summed E-state index contributed by atoms with van der Waals surface area (Å²) in [6.07, 6.45) is 2.28. The Hall–Kier alpha value is -1.75. The third-order valence-electron chi connectivity index (χ3n) is 2.67. The summed E-state index contributed by atoms with van der Waals surface area (Å²) in [7, 11) is 0. The quantitative estimate of drug-likeness (QED) is 0.680. The average molecular weight is 262 g/mol. The van der Waals surface area contributed by atoms with Gasteiger partial charge in [0.05, 0.1) is 11.3 Å². The van der Waals surface area contributed by atoms with Crippen LogP contribution in [0.15, 0.2) is 40.3 Å². The second-order valence-corrected chi connectivity index (χ2v) is 4.50. The Labute approximate surface area is 109 Å². The maximum absolute atomic E-state index is 12.4. The Morgan fingerprint density at radius 1 is 1.33 bits per heavy atom. The molecule has 5 heteroatoms. The fourth-order valence-corrected chi connectivity index (χ4v) is 2.33. The number of rotatable bonds is 3. The van der Waals surface area contributed by atoms with Crippen molar-refractivity contribution in [3.63, 3.8) is 0 Å². The molecule has 18 heavy (non-hydrogen) atoms. The summed E-state index contributed by atoms with van der Waals surface area (Å²) in [5.74, 6) is -0.168. The van der Waals surface area contributed by atoms with E-state index in [2.05, 4.69) is 4.98 Å². The van der Waals surface area contributed by atoms with Crippen molar-refractivity contribution in [1.29, 1.82) is 0 Å². The Morgan fingerprint density at radius 2 is 2.00 bits per heavy atom. The Balaban J connectivity index is 2.77. The predicted molar refractivity (Wildman–Crippen MR) is 72.7 cm³/mol. The number of thioether (sulfide) groups is 1. The molecule has 1 aromatic carbocycles. The zero-order valence-corrected chi connectivity index (χ0v) is 11.1. The Kier molecular flexibility index (Phi) is 3.72. The summed E-state index contributed by atoms with van der Waals surface area (Å²) in [5, 5.41) is 10.2. The van der Waals surface area contributed by atoms with E-state index in [-0.39, 0.29) is 11.4 Å². The minimum atomic E-state index is -0.208. The number of nitrogens with zero attached hydrogens (tertiary/aromatic N) is 2. The van der Waals surface area contributed by atoms with E-state index in [4.69, 9.17) is 0 Å². The molecule has 0 amide bonds. The highest BCUT2D eigenvalue weighted by molar-refractivity contribution is 7.98. The van der Waals surface area contributed by atoms with E-state index >= 15 is 0 Å². The fourth-order valence-electron chi connectivity index (χ4n) is 1.78. The first-order chi connectivity index (χ1) is 8.69. The van der Waals surface area contributed by atoms with Crippen LogP contribution >= 0.6 is 11.8 Å². The molecule has 0 atom stereocenters. The molecule has 0 radical (unpaired) electrons. The molecule has 0 aliphatic carbocycles. The van der Waals surface area contributed by atoms with Gasteiger partial charge in [0.1, 0.15) is 0 Å². The standard InChI is InChI=1S/C13H14N2O2S/c1-3-10-11(16)14-13(18-2)15(12(10)17)9-7-5-4-6-8-9/h4-8,16H,3H2,1-2H3. The second-order valence-electron chi connectivity index (χ2n) is 3.73. The molecule has 0 bridgehead atoms. The van der Waals surface area contributed by atoms with Gasteiger partial charge in [-0.1, -0.05) is 36.9 Å². The smallest absolute Gasteiger partial charge is 0.265 e. The van der Waals surface area contributed by atoms with Crippen LogP contribution in [0.2, 0.25) is 0 Å². The van der Waals surface area contributed by atoms with Crippen LogP contribution in [0.1, 0.15) is 12.5 Å². The van der Waals surface area contributed by atoms with Crippen LogP contribution in [0.25, 0.3) is 5.69 Å². The molecular formula is C13H14N2O2S. The minimum Gasteiger partial charge on any atom is -0.493 e. The average Bonchev–Trinajstić information content (AvgIpc) is 2.39. The highest BCUT2D eigenvalue weighted by Gasteiger charge is 2.15. The molecule has 1 heterocycles. The summed E-state index contributed by atoms with van der Waals surface area (Å²) in [6.45, 7) is 1.83. The number of para-hydroxylation sites is 1. The Bertz CT molecular complexity index is 608. The van der Waals surface area contributed by atoms with Gasteiger partial charge in [0.15, 0.2) is 5.16 Å². The van der Waals surface area contributed by atoms with E-state index in [1.807, 2.05) is 43.5 Å². The molecule has 4 nitrogen and oxygen atoms in total. The van der Waals surface area contributed by atoms with Crippen molar-refractivity contribution in [2.24, 2.45) is 0 Å². The molecule has 2 aromatic rings. The third-order valence-corrected chi connectivity index (χ3v) is 3.31. The number of hydrogen-bond donors (Lipinski definition) is 1. The molecule has 94 valence electrons. The van der Waals surface area contributed by atoms with E-state index in [0.717, 1.165) is 5.69 Å². The van der Waals surface area contributed by atoms with Crippen LogP contribution in [0, 0.1) is 0 Å². The fraction of sp³-hybridized carbons (Fsp3) is 0.231. The maximum Gasteiger partial charge on any atom is 0.265 e. The first-order valence-electron chi connectivity index (χ1n) is 5.63. The van der Waals surface area contributed by atoms with Crippen LogP contribution in [0.3, 0.4) is 0 Å². The van der Waals surface area contributed by atoms with Crippen LogP contribution in [0.4, 0.5) is 0 Å². The van der Waals surface area contributed by atoms with E-state index in [9.17, 15) is 9.90 Å². The molecule has 0 fully saturated rings. The highest BCUT2D eigenvalue weighted by atomic mass is 32.2. The minimum absolute atomic E-state index is 0.168. The van der Waals surface area contributed by atoms with E-state index in [1.54, 1.807) is 0 Å². The lowest BCUT2D eigenvalue weighted by Crippen LogP contribution is -2.24. The zero-order valence-electron chi connectivity index (χ0n) is 10.3. The molecule has 0 saturated carbocycles. The molecule has 0 aliphatic heterocycles. The first kappa shape index (κ1) is 12.7. The molecule has 0 saturated heterocycles. The van der Waals surface area contributed by atoms with Crippen molar-refractivity contribution in [3.05, 3.63) is 46.2 Å². The summed E-state index contributed by atoms with van der Waals surface area (Å²) >= 11 is 1.33. The number of aromatic hydroxyl groups is 1. The van der Waals surface area contributed by atoms with Crippen molar-refractivity contribution in [2.75, 3.05) is 6.26 Å². The molecule has 1 N–H and O–H groups in total. The number of aromatic nitrogens is 2. The normalized spacial score (nSPS) is 10.6. The molecule has 1 aromatic heterocycles. The van der Waals surface area contributed by atoms with Gasteiger partial charge in [-0.3, -0.25) is 9.36 Å². The van der Waals surface area contributed by atoms with Crippen LogP contribution in [0.5, 0.6) is 5.88 Å². The Morgan fingerprint density at radius 3 is 2.56 bits per heavy atom. The molecule has 2 rings (SSSR count). The van der Waals surface area contributed by atoms with Crippen molar-refractivity contribution < 1.29 is 5.11 Å². The van der Waals surface area contributed by atoms with Gasteiger partial charge >= 0.3 is 0 Å². The largest absolute Gasteiger partial charge is 0.493 e. The zero-order chi connectivity index (χ0) is 13.1. The molecule has 0 unspecified atom stereocenters. The summed E-state index contributed by atoms with van der Waals surface area (Å²) < 4.78 is 1.53. The van der Waals surface area contributed by atoms with Gasteiger partial charge < -0.3 is 5.11 Å². The van der Waals surface area contributed by atoms with Gasteiger partial charge in [-0.05, 0) is 24.8 Å². The topological polar surface area (TPSA) is 55.1 Å². The van der Waals surface area contributed by atoms with E-state index in [0.29, 0.717) is 17.1 Å². The maximum atomic E-state index is 12.4. The summed E-state index contributed by atoms with van der Waals surface area (Å²) in [4.78, 5) is 16.4. The monoisotopic (exact) mass is 262 g/mol. The summed E-state index contributed by atoms with van der Waals surface area (Å²) in [5.41, 5.74) is 0.895. The van der Waals surface area contributed by atoms with Crippen LogP contribution < -0.4 is 5.56 Å². The number of benzene rings is 1. The lowest BCUT2D eigenvalue weighted by atomic mass is 10.2. The number of hydrogen-bond acceptors (Lipinski definition) is 4. The van der Waals surface area contributed by atoms with Crippen molar-refractivity contribution in [1.82, 2.24) is 9.55 Å². The van der Waals surface area contributed by atoms with Crippen molar-refractivity contribution in [2.45, 2.75) is 18.5 Å². The van der Waals surface area contributed by atoms with E-state index < -0.39 is 0 Å². The van der Waals surface area contributed by atoms with Crippen LogP contribution in [-0.2, 0) is 6.42 Å². The van der Waals surface area contributed by atoms with Crippen LogP contribution in [-0.4, -0.2) is 20.9 Å². The summed E-state index contributed by atoms with van der Waals surface area (Å²) in [6, 6.07) is 9.31. The molecule has 0 aliphatic rings. The van der Waals surface area contributed by atoms with Crippen molar-refractivity contribution in [3.8, 4) is 11.6 Å². The van der Waals surface area contributed by atoms with E-state index in [1.165, 1.54) is 16.3 Å². The van der Waals surface area contributed by atoms with Gasteiger partial charge in [-0.15, -0.1) is 0 Å². The van der Waals surface area contributed by atoms with Gasteiger partial charge in [0, 0.05) is 0 Å². The SMILES string of the molecule is CCc1c(O)nc(SC)n(-c2ccccc2)c1=O. The lowest BCUT2D eigenvalue weighted by Gasteiger charge is -2.12. The highest BCUT2D eigenvalue weighted by Crippen LogP contribution is 2.20. The molecule has 0 spiro atoms. The van der Waals surface area contributed by atoms with Gasteiger partial charge in [0.25, 0.3) is 5.56 Å². The predicted octanol–water partition coefficient (Wildman–Crippen LogP) is 2.22. The van der Waals surface area contributed by atoms with Gasteiger partial charge in [0.2, 0.25) is 5.88 Å². The van der Waals surface area contributed by atoms with Crippen molar-refractivity contribution >= 4 is 11.8 Å². The molecular weight excluding hydrogens is 248 g/mol.